The molecule has 18 heavy (non-hydrogen) atoms. The van der Waals surface area contributed by atoms with E-state index in [9.17, 15) is 4.79 Å². The van der Waals surface area contributed by atoms with Crippen molar-refractivity contribution in [2.24, 2.45) is 5.73 Å². The number of carbonyl (C=O) groups is 1. The van der Waals surface area contributed by atoms with Crippen molar-refractivity contribution < 1.29 is 9.53 Å². The first kappa shape index (κ1) is 12.6. The fourth-order valence-corrected chi connectivity index (χ4v) is 1.93. The second-order valence-electron chi connectivity index (χ2n) is 4.32. The molecule has 0 bridgehead atoms. The van der Waals surface area contributed by atoms with Gasteiger partial charge in [-0.15, -0.1) is 0 Å². The highest BCUT2D eigenvalue weighted by atomic mass is 16.5. The van der Waals surface area contributed by atoms with Crippen LogP contribution in [0.4, 0.5) is 0 Å². The number of imidazole rings is 1. The zero-order chi connectivity index (χ0) is 13.1. The zero-order valence-corrected chi connectivity index (χ0v) is 10.6. The fourth-order valence-electron chi connectivity index (χ4n) is 1.93. The Morgan fingerprint density at radius 2 is 2.33 bits per heavy atom. The average Bonchev–Trinajstić information content (AvgIpc) is 2.74. The Hall–Kier alpha value is -1.88. The molecule has 3 N–H and O–H groups in total. The third kappa shape index (κ3) is 2.68. The fraction of sp³-hybridized carbons (Fsp3) is 0.385. The summed E-state index contributed by atoms with van der Waals surface area (Å²) in [6.45, 7) is 1.91. The number of aryl methyl sites for hydroxylation is 1. The number of methoxy groups -OCH3 is 1. The van der Waals surface area contributed by atoms with Crippen LogP contribution in [0.1, 0.15) is 30.3 Å². The van der Waals surface area contributed by atoms with Crippen LogP contribution in [0.2, 0.25) is 0 Å². The molecule has 2 aromatic rings. The molecule has 0 aliphatic rings. The monoisotopic (exact) mass is 247 g/mol. The Morgan fingerprint density at radius 3 is 3.06 bits per heavy atom. The van der Waals surface area contributed by atoms with Crippen LogP contribution in [-0.2, 0) is 9.53 Å². The molecule has 0 radical (unpaired) electrons. The molecule has 0 aliphatic carbocycles. The number of aromatic amines is 1. The van der Waals surface area contributed by atoms with Gasteiger partial charge in [0, 0.05) is 12.5 Å². The van der Waals surface area contributed by atoms with Crippen LogP contribution in [0.25, 0.3) is 11.0 Å². The van der Waals surface area contributed by atoms with E-state index in [-0.39, 0.29) is 12.0 Å². The lowest BCUT2D eigenvalue weighted by atomic mass is 10.0. The lowest BCUT2D eigenvalue weighted by molar-refractivity contribution is -0.140. The van der Waals surface area contributed by atoms with Crippen molar-refractivity contribution in [3.8, 4) is 0 Å². The van der Waals surface area contributed by atoms with Crippen molar-refractivity contribution in [3.63, 3.8) is 0 Å². The second kappa shape index (κ2) is 5.18. The maximum atomic E-state index is 11.1. The molecule has 5 nitrogen and oxygen atoms in total. The number of nitrogens with zero attached hydrogens (tertiary/aromatic N) is 1. The summed E-state index contributed by atoms with van der Waals surface area (Å²) in [5, 5.41) is 0. The molecule has 1 heterocycles. The van der Waals surface area contributed by atoms with Crippen LogP contribution in [-0.4, -0.2) is 23.0 Å². The average molecular weight is 247 g/mol. The normalized spacial score (nSPS) is 12.6. The van der Waals surface area contributed by atoms with E-state index in [1.54, 1.807) is 0 Å². The topological polar surface area (TPSA) is 81.0 Å². The maximum absolute atomic E-state index is 11.1. The predicted octanol–water partition coefficient (Wildman–Crippen LogP) is 1.82. The van der Waals surface area contributed by atoms with E-state index in [0.29, 0.717) is 12.8 Å². The Bertz CT molecular complexity index is 562. The molecule has 0 amide bonds. The van der Waals surface area contributed by atoms with E-state index >= 15 is 0 Å². The summed E-state index contributed by atoms with van der Waals surface area (Å²) >= 11 is 0. The SMILES string of the molecule is COC(=O)CCC(N)c1ccc2nc(C)[nH]c2c1. The first-order chi connectivity index (χ1) is 8.60. The smallest absolute Gasteiger partial charge is 0.305 e. The second-order valence-corrected chi connectivity index (χ2v) is 4.32. The highest BCUT2D eigenvalue weighted by Crippen LogP contribution is 2.20. The number of hydrogen-bond donors (Lipinski definition) is 2. The third-order valence-electron chi connectivity index (χ3n) is 2.94. The number of aromatic nitrogens is 2. The van der Waals surface area contributed by atoms with Crippen molar-refractivity contribution in [1.29, 1.82) is 0 Å². The van der Waals surface area contributed by atoms with Gasteiger partial charge in [0.1, 0.15) is 5.82 Å². The summed E-state index contributed by atoms with van der Waals surface area (Å²) in [6, 6.07) is 5.70. The van der Waals surface area contributed by atoms with Gasteiger partial charge < -0.3 is 15.5 Å². The first-order valence-corrected chi connectivity index (χ1v) is 5.89. The van der Waals surface area contributed by atoms with Crippen molar-refractivity contribution in [2.75, 3.05) is 7.11 Å². The van der Waals surface area contributed by atoms with Crippen LogP contribution >= 0.6 is 0 Å². The molecule has 1 atom stereocenters. The Kier molecular flexibility index (Phi) is 3.62. The lowest BCUT2D eigenvalue weighted by Crippen LogP contribution is -2.13. The number of nitrogens with two attached hydrogens (primary N) is 1. The summed E-state index contributed by atoms with van der Waals surface area (Å²) in [5.74, 6) is 0.647. The van der Waals surface area contributed by atoms with E-state index in [1.807, 2.05) is 25.1 Å². The quantitative estimate of drug-likeness (QED) is 0.807. The highest BCUT2D eigenvalue weighted by molar-refractivity contribution is 5.76. The standard InChI is InChI=1S/C13H17N3O2/c1-8-15-11-5-3-9(7-12(11)16-8)10(14)4-6-13(17)18-2/h3,5,7,10H,4,6,14H2,1-2H3,(H,15,16). The molecular formula is C13H17N3O2. The molecule has 0 saturated carbocycles. The molecule has 5 heteroatoms. The van der Waals surface area contributed by atoms with Crippen molar-refractivity contribution in [2.45, 2.75) is 25.8 Å². The number of carbonyl (C=O) groups excluding carboxylic acids is 1. The minimum atomic E-state index is -0.232. The van der Waals surface area contributed by atoms with Gasteiger partial charge in [-0.3, -0.25) is 4.79 Å². The van der Waals surface area contributed by atoms with Gasteiger partial charge in [0.15, 0.2) is 0 Å². The molecule has 1 aromatic heterocycles. The predicted molar refractivity (Wildman–Crippen MR) is 69.0 cm³/mol. The molecule has 0 saturated heterocycles. The van der Waals surface area contributed by atoms with Crippen molar-refractivity contribution in [1.82, 2.24) is 9.97 Å². The number of fused-ring (bicyclic) bond motifs is 1. The van der Waals surface area contributed by atoms with E-state index in [2.05, 4.69) is 14.7 Å². The molecule has 96 valence electrons. The van der Waals surface area contributed by atoms with Crippen LogP contribution in [0.5, 0.6) is 0 Å². The molecule has 1 unspecified atom stereocenters. The molecule has 2 rings (SSSR count). The Morgan fingerprint density at radius 1 is 1.56 bits per heavy atom. The molecule has 0 aliphatic heterocycles. The van der Waals surface area contributed by atoms with Gasteiger partial charge in [0.05, 0.1) is 18.1 Å². The minimum Gasteiger partial charge on any atom is -0.469 e. The number of rotatable bonds is 4. The summed E-state index contributed by atoms with van der Waals surface area (Å²) in [7, 11) is 1.38. The Balaban J connectivity index is 2.12. The third-order valence-corrected chi connectivity index (χ3v) is 2.94. The van der Waals surface area contributed by atoms with Gasteiger partial charge >= 0.3 is 5.97 Å². The number of esters is 1. The van der Waals surface area contributed by atoms with Crippen molar-refractivity contribution >= 4 is 17.0 Å². The number of nitrogens with one attached hydrogen (secondary N) is 1. The number of ether oxygens (including phenoxy) is 1. The maximum Gasteiger partial charge on any atom is 0.305 e. The first-order valence-electron chi connectivity index (χ1n) is 5.89. The highest BCUT2D eigenvalue weighted by Gasteiger charge is 2.10. The summed E-state index contributed by atoms with van der Waals surface area (Å²) in [4.78, 5) is 18.6. The van der Waals surface area contributed by atoms with E-state index < -0.39 is 0 Å². The van der Waals surface area contributed by atoms with E-state index in [1.165, 1.54) is 7.11 Å². The molecule has 0 fully saturated rings. The summed E-state index contributed by atoms with van der Waals surface area (Å²) in [5.41, 5.74) is 8.95. The number of hydrogen-bond acceptors (Lipinski definition) is 4. The van der Waals surface area contributed by atoms with Gasteiger partial charge in [-0.2, -0.15) is 0 Å². The largest absolute Gasteiger partial charge is 0.469 e. The van der Waals surface area contributed by atoms with Gasteiger partial charge in [-0.1, -0.05) is 6.07 Å². The minimum absolute atomic E-state index is 0.169. The summed E-state index contributed by atoms with van der Waals surface area (Å²) in [6.07, 6.45) is 0.906. The van der Waals surface area contributed by atoms with Crippen LogP contribution in [0.3, 0.4) is 0 Å². The van der Waals surface area contributed by atoms with E-state index in [4.69, 9.17) is 5.73 Å². The number of benzene rings is 1. The van der Waals surface area contributed by atoms with Crippen LogP contribution in [0.15, 0.2) is 18.2 Å². The Labute approximate surface area is 105 Å². The van der Waals surface area contributed by atoms with Gasteiger partial charge in [-0.25, -0.2) is 4.98 Å². The van der Waals surface area contributed by atoms with E-state index in [0.717, 1.165) is 22.4 Å². The van der Waals surface area contributed by atoms with Crippen LogP contribution < -0.4 is 5.73 Å². The van der Waals surface area contributed by atoms with Crippen molar-refractivity contribution in [3.05, 3.63) is 29.6 Å². The molecule has 1 aromatic carbocycles. The summed E-state index contributed by atoms with van der Waals surface area (Å²) < 4.78 is 4.60. The zero-order valence-electron chi connectivity index (χ0n) is 10.6. The molecule has 0 spiro atoms. The van der Waals surface area contributed by atoms with Gasteiger partial charge in [0.25, 0.3) is 0 Å². The number of H-pyrrole nitrogens is 1. The van der Waals surface area contributed by atoms with Gasteiger partial charge in [-0.05, 0) is 31.0 Å². The molecular weight excluding hydrogens is 230 g/mol. The lowest BCUT2D eigenvalue weighted by Gasteiger charge is -2.11. The van der Waals surface area contributed by atoms with Crippen LogP contribution in [0, 0.1) is 6.92 Å². The van der Waals surface area contributed by atoms with Gasteiger partial charge in [0.2, 0.25) is 0 Å².